The van der Waals surface area contributed by atoms with Gasteiger partial charge in [0, 0.05) is 41.2 Å². The van der Waals surface area contributed by atoms with Gasteiger partial charge >= 0.3 is 0 Å². The molecule has 2 heterocycles. The molecule has 1 N–H and O–H groups in total. The summed E-state index contributed by atoms with van der Waals surface area (Å²) in [6, 6.07) is 19.9. The van der Waals surface area contributed by atoms with Crippen LogP contribution in [0, 0.1) is 13.8 Å². The lowest BCUT2D eigenvalue weighted by molar-refractivity contribution is 0.0965. The highest BCUT2D eigenvalue weighted by atomic mass is 16.3. The first-order valence-corrected chi connectivity index (χ1v) is 14.5. The zero-order chi connectivity index (χ0) is 28.7. The molecule has 3 aromatic carbocycles. The minimum atomic E-state index is -0.262. The lowest BCUT2D eigenvalue weighted by Gasteiger charge is -2.13. The molecule has 0 aliphatic heterocycles. The fourth-order valence-electron chi connectivity index (χ4n) is 5.65. The molecule has 6 nitrogen and oxygen atoms in total. The number of fused-ring (bicyclic) bond motifs is 1. The number of aryl methyl sites for hydroxylation is 3. The topological polar surface area (TPSA) is 88.8 Å². The number of aromatic nitrogens is 3. The summed E-state index contributed by atoms with van der Waals surface area (Å²) in [6.45, 7) is 8.07. The Morgan fingerprint density at radius 1 is 0.927 bits per heavy atom. The third kappa shape index (κ3) is 5.03. The molecule has 6 rings (SSSR count). The van der Waals surface area contributed by atoms with Crippen LogP contribution in [-0.2, 0) is 11.8 Å². The average molecular weight is 546 g/mol. The van der Waals surface area contributed by atoms with E-state index in [9.17, 15) is 9.59 Å². The smallest absolute Gasteiger partial charge is 0.167 e. The maximum absolute atomic E-state index is 13.6. The molecule has 0 spiro atoms. The Hall–Kier alpha value is -4.32. The summed E-state index contributed by atoms with van der Waals surface area (Å²) in [5.41, 5.74) is 6.72. The molecule has 0 radical (unpaired) electrons. The summed E-state index contributed by atoms with van der Waals surface area (Å²) in [7, 11) is 0. The van der Waals surface area contributed by atoms with Gasteiger partial charge in [0.2, 0.25) is 0 Å². The second-order valence-electron chi connectivity index (χ2n) is 11.4. The number of Topliss-reactive ketones (excluding diaryl/α,β-unsaturated/α-hetero) is 2. The lowest BCUT2D eigenvalue weighted by Crippen LogP contribution is -2.15. The maximum Gasteiger partial charge on any atom is 0.167 e. The van der Waals surface area contributed by atoms with Gasteiger partial charge in [0.1, 0.15) is 17.2 Å². The highest BCUT2D eigenvalue weighted by Gasteiger charge is 2.49. The average Bonchev–Trinajstić information content (AvgIpc) is 3.42. The first kappa shape index (κ1) is 26.9. The van der Waals surface area contributed by atoms with Crippen LogP contribution in [0.25, 0.3) is 33.4 Å². The molecule has 0 saturated heterocycles. The molecule has 0 amide bonds. The lowest BCUT2D eigenvalue weighted by atomic mass is 9.91. The Balaban J connectivity index is 1.35. The Morgan fingerprint density at radius 3 is 2.39 bits per heavy atom. The van der Waals surface area contributed by atoms with Gasteiger partial charge in [-0.25, -0.2) is 4.98 Å². The van der Waals surface area contributed by atoms with Gasteiger partial charge in [-0.3, -0.25) is 14.7 Å². The van der Waals surface area contributed by atoms with Crippen LogP contribution in [0.4, 0.5) is 0 Å². The summed E-state index contributed by atoms with van der Waals surface area (Å²) in [6.07, 6.45) is 4.49. The van der Waals surface area contributed by atoms with Gasteiger partial charge in [0.25, 0.3) is 0 Å². The Morgan fingerprint density at radius 2 is 1.68 bits per heavy atom. The third-order valence-electron chi connectivity index (χ3n) is 8.32. The molecule has 6 heteroatoms. The van der Waals surface area contributed by atoms with Crippen LogP contribution in [-0.4, -0.2) is 26.7 Å². The van der Waals surface area contributed by atoms with Crippen LogP contribution in [0.15, 0.2) is 65.1 Å². The number of carbonyl (C=O) groups is 2. The summed E-state index contributed by atoms with van der Waals surface area (Å²) >= 11 is 0. The number of ketones is 2. The maximum atomic E-state index is 13.6. The van der Waals surface area contributed by atoms with Crippen LogP contribution in [0.1, 0.15) is 89.4 Å². The van der Waals surface area contributed by atoms with Gasteiger partial charge in [-0.2, -0.15) is 5.10 Å². The number of H-pyrrole nitrogens is 1. The molecule has 208 valence electrons. The molecule has 1 fully saturated rings. The Bertz CT molecular complexity index is 1770. The van der Waals surface area contributed by atoms with Gasteiger partial charge in [-0.1, -0.05) is 61.9 Å². The van der Waals surface area contributed by atoms with Crippen LogP contribution in [0.5, 0.6) is 0 Å². The Kier molecular flexibility index (Phi) is 6.94. The summed E-state index contributed by atoms with van der Waals surface area (Å²) < 4.78 is 6.26. The minimum absolute atomic E-state index is 0.0425. The van der Waals surface area contributed by atoms with E-state index in [1.165, 1.54) is 0 Å². The molecular weight excluding hydrogens is 510 g/mol. The zero-order valence-electron chi connectivity index (χ0n) is 24.1. The van der Waals surface area contributed by atoms with Crippen LogP contribution < -0.4 is 0 Å². The van der Waals surface area contributed by atoms with Gasteiger partial charge in [0.15, 0.2) is 17.4 Å². The van der Waals surface area contributed by atoms with E-state index in [4.69, 9.17) is 9.40 Å². The highest BCUT2D eigenvalue weighted by Crippen LogP contribution is 2.50. The number of nitrogens with zero attached hydrogens (tertiary/aromatic N) is 2. The predicted molar refractivity (Wildman–Crippen MR) is 161 cm³/mol. The van der Waals surface area contributed by atoms with Crippen molar-refractivity contribution in [2.24, 2.45) is 0 Å². The van der Waals surface area contributed by atoms with Crippen molar-refractivity contribution >= 4 is 22.5 Å². The second-order valence-corrected chi connectivity index (χ2v) is 11.4. The third-order valence-corrected chi connectivity index (χ3v) is 8.32. The van der Waals surface area contributed by atoms with Crippen LogP contribution >= 0.6 is 0 Å². The molecule has 0 atom stereocenters. The molecule has 5 aromatic rings. The summed E-state index contributed by atoms with van der Waals surface area (Å²) in [5, 5.41) is 8.30. The fourth-order valence-corrected chi connectivity index (χ4v) is 5.65. The van der Waals surface area contributed by atoms with E-state index in [1.807, 2.05) is 81.4 Å². The van der Waals surface area contributed by atoms with Gasteiger partial charge in [0.05, 0.1) is 5.56 Å². The van der Waals surface area contributed by atoms with Crippen molar-refractivity contribution in [3.8, 4) is 22.5 Å². The normalized spacial score (nSPS) is 14.0. The van der Waals surface area contributed by atoms with E-state index in [2.05, 4.69) is 17.1 Å². The number of furan rings is 1. The zero-order valence-corrected chi connectivity index (χ0v) is 24.1. The van der Waals surface area contributed by atoms with E-state index in [-0.39, 0.29) is 17.0 Å². The number of nitrogens with one attached hydrogen (secondary N) is 1. The Labute approximate surface area is 240 Å². The van der Waals surface area contributed by atoms with Crippen molar-refractivity contribution in [1.82, 2.24) is 15.2 Å². The van der Waals surface area contributed by atoms with Crippen molar-refractivity contribution in [3.05, 3.63) is 94.6 Å². The van der Waals surface area contributed by atoms with E-state index >= 15 is 0 Å². The second kappa shape index (κ2) is 10.6. The van der Waals surface area contributed by atoms with Crippen molar-refractivity contribution in [2.75, 3.05) is 0 Å². The number of rotatable bonds is 10. The van der Waals surface area contributed by atoms with Crippen molar-refractivity contribution in [3.63, 3.8) is 0 Å². The van der Waals surface area contributed by atoms with Crippen LogP contribution in [0.2, 0.25) is 0 Å². The van der Waals surface area contributed by atoms with Crippen molar-refractivity contribution in [2.45, 2.75) is 71.6 Å². The molecular formula is C35H35N3O3. The minimum Gasteiger partial charge on any atom is -0.455 e. The standard InChI is InChI=1S/C35H35N3O3/c1-5-7-31-36-34(38-37-31)35(16-17-35)20-29(40)25-13-10-22(4)26(19-25)24-14-15-30-27(18-24)32(28(39)6-2)33(41-30)23-11-8-21(3)9-12-23/h8-15,18-19H,5-7,16-17,20H2,1-4H3,(H,36,37,38). The van der Waals surface area contributed by atoms with E-state index < -0.39 is 0 Å². The van der Waals surface area contributed by atoms with Crippen molar-refractivity contribution in [1.29, 1.82) is 0 Å². The molecule has 1 aliphatic carbocycles. The van der Waals surface area contributed by atoms with Gasteiger partial charge in [-0.05, 0) is 68.0 Å². The number of hydrogen-bond donors (Lipinski definition) is 1. The SMILES string of the molecule is CCCc1nc(C2(CC(=O)c3ccc(C)c(-c4ccc5oc(-c6ccc(C)cc6)c(C(=O)CC)c5c4)c3)CC2)n[nH]1. The monoisotopic (exact) mass is 545 g/mol. The number of hydrogen-bond acceptors (Lipinski definition) is 5. The quantitative estimate of drug-likeness (QED) is 0.178. The van der Waals surface area contributed by atoms with Crippen molar-refractivity contribution < 1.29 is 14.0 Å². The first-order chi connectivity index (χ1) is 19.8. The predicted octanol–water partition coefficient (Wildman–Crippen LogP) is 8.35. The summed E-state index contributed by atoms with van der Waals surface area (Å²) in [5.74, 6) is 2.40. The molecule has 2 aromatic heterocycles. The van der Waals surface area contributed by atoms with Gasteiger partial charge in [-0.15, -0.1) is 0 Å². The molecule has 0 unspecified atom stereocenters. The number of carbonyl (C=O) groups excluding carboxylic acids is 2. The molecule has 1 saturated carbocycles. The van der Waals surface area contributed by atoms with E-state index in [1.54, 1.807) is 0 Å². The number of benzene rings is 3. The largest absolute Gasteiger partial charge is 0.455 e. The number of aromatic amines is 1. The first-order valence-electron chi connectivity index (χ1n) is 14.5. The highest BCUT2D eigenvalue weighted by molar-refractivity contribution is 6.12. The van der Waals surface area contributed by atoms with E-state index in [0.717, 1.165) is 70.5 Å². The molecule has 41 heavy (non-hydrogen) atoms. The van der Waals surface area contributed by atoms with Crippen LogP contribution in [0.3, 0.4) is 0 Å². The fraction of sp³-hybridized carbons (Fsp3) is 0.314. The summed E-state index contributed by atoms with van der Waals surface area (Å²) in [4.78, 5) is 31.4. The molecule has 1 aliphatic rings. The molecule has 0 bridgehead atoms. The van der Waals surface area contributed by atoms with Gasteiger partial charge < -0.3 is 4.42 Å². The van der Waals surface area contributed by atoms with E-state index in [0.29, 0.717) is 35.3 Å².